The molecule has 0 amide bonds. The van der Waals surface area contributed by atoms with E-state index < -0.39 is 22.0 Å². The molecule has 0 radical (unpaired) electrons. The Labute approximate surface area is 157 Å². The molecule has 2 aliphatic rings. The zero-order chi connectivity index (χ0) is 18.9. The molecule has 8 nitrogen and oxygen atoms in total. The first-order chi connectivity index (χ1) is 12.3. The summed E-state index contributed by atoms with van der Waals surface area (Å²) in [5.74, 6) is -0.824. The summed E-state index contributed by atoms with van der Waals surface area (Å²) in [6.45, 7) is 1.52. The second-order valence-corrected chi connectivity index (χ2v) is 8.81. The number of carbonyl (C=O) groups is 1. The highest BCUT2D eigenvalue weighted by Gasteiger charge is 2.41. The minimum atomic E-state index is -3.89. The Bertz CT molecular complexity index is 787. The molecular weight excluding hydrogens is 384 g/mol. The number of hydrogen-bond acceptors (Lipinski definition) is 6. The maximum absolute atomic E-state index is 13.3. The van der Waals surface area contributed by atoms with E-state index >= 15 is 0 Å². The van der Waals surface area contributed by atoms with Gasteiger partial charge < -0.3 is 14.6 Å². The van der Waals surface area contributed by atoms with Gasteiger partial charge in [0.05, 0.1) is 32.9 Å². The van der Waals surface area contributed by atoms with Crippen LogP contribution in [0.5, 0.6) is 5.75 Å². The maximum atomic E-state index is 13.3. The maximum Gasteiger partial charge on any atom is 0.317 e. The van der Waals surface area contributed by atoms with Crippen LogP contribution in [0.4, 0.5) is 0 Å². The Morgan fingerprint density at radius 1 is 1.35 bits per heavy atom. The van der Waals surface area contributed by atoms with E-state index in [0.717, 1.165) is 0 Å². The predicted molar refractivity (Wildman–Crippen MR) is 94.1 cm³/mol. The van der Waals surface area contributed by atoms with Gasteiger partial charge in [-0.25, -0.2) is 8.42 Å². The highest BCUT2D eigenvalue weighted by atomic mass is 35.5. The Morgan fingerprint density at radius 2 is 2.12 bits per heavy atom. The van der Waals surface area contributed by atoms with E-state index in [1.807, 2.05) is 0 Å². The van der Waals surface area contributed by atoms with Crippen molar-refractivity contribution < 1.29 is 27.8 Å². The third-order valence-electron chi connectivity index (χ3n) is 4.57. The standard InChI is InChI=1S/C16H21ClN2O6S/c1-24-14-3-2-12(17)4-15(14)26(22,23)19-6-11-5-18(8-16(20)21)7-13(19)10-25-9-11/h2-4,11,13H,5-10H2,1H3,(H,20,21)/t11-,13-/m0/s1. The second kappa shape index (κ2) is 7.69. The third kappa shape index (κ3) is 3.96. The van der Waals surface area contributed by atoms with Crippen LogP contribution < -0.4 is 4.74 Å². The molecule has 26 heavy (non-hydrogen) atoms. The monoisotopic (exact) mass is 404 g/mol. The molecule has 2 atom stereocenters. The summed E-state index contributed by atoms with van der Waals surface area (Å²) < 4.78 is 38.9. The van der Waals surface area contributed by atoms with Crippen LogP contribution in [0, 0.1) is 5.92 Å². The summed E-state index contributed by atoms with van der Waals surface area (Å²) >= 11 is 6.01. The summed E-state index contributed by atoms with van der Waals surface area (Å²) in [6, 6.07) is 3.99. The molecule has 1 aromatic carbocycles. The van der Waals surface area contributed by atoms with Crippen molar-refractivity contribution in [2.75, 3.05) is 46.5 Å². The fourth-order valence-corrected chi connectivity index (χ4v) is 5.59. The average Bonchev–Trinajstić information content (AvgIpc) is 2.85. The topological polar surface area (TPSA) is 96.4 Å². The fourth-order valence-electron chi connectivity index (χ4n) is 3.50. The predicted octanol–water partition coefficient (Wildman–Crippen LogP) is 0.755. The van der Waals surface area contributed by atoms with E-state index in [4.69, 9.17) is 26.2 Å². The third-order valence-corrected chi connectivity index (χ3v) is 6.74. The van der Waals surface area contributed by atoms with E-state index in [1.54, 1.807) is 11.0 Å². The Hall–Kier alpha value is -1.39. The van der Waals surface area contributed by atoms with Gasteiger partial charge in [-0.2, -0.15) is 4.31 Å². The molecule has 1 aromatic rings. The van der Waals surface area contributed by atoms with Crippen LogP contribution in [0.1, 0.15) is 0 Å². The lowest BCUT2D eigenvalue weighted by Crippen LogP contribution is -2.47. The quantitative estimate of drug-likeness (QED) is 0.773. The van der Waals surface area contributed by atoms with Gasteiger partial charge >= 0.3 is 5.97 Å². The van der Waals surface area contributed by atoms with Crippen LogP contribution in [-0.4, -0.2) is 81.2 Å². The zero-order valence-corrected chi connectivity index (χ0v) is 15.9. The minimum absolute atomic E-state index is 0.00448. The number of hydrogen-bond donors (Lipinski definition) is 1. The van der Waals surface area contributed by atoms with Crippen LogP contribution in [0.2, 0.25) is 5.02 Å². The van der Waals surface area contributed by atoms with Crippen molar-refractivity contribution in [2.24, 2.45) is 5.92 Å². The van der Waals surface area contributed by atoms with Gasteiger partial charge in [0.1, 0.15) is 10.6 Å². The molecule has 144 valence electrons. The molecule has 3 rings (SSSR count). The number of aliphatic carboxylic acids is 1. The highest BCUT2D eigenvalue weighted by molar-refractivity contribution is 7.89. The molecule has 0 spiro atoms. The zero-order valence-electron chi connectivity index (χ0n) is 14.3. The van der Waals surface area contributed by atoms with Crippen LogP contribution in [0.3, 0.4) is 0 Å². The van der Waals surface area contributed by atoms with Gasteiger partial charge in [-0.15, -0.1) is 0 Å². The molecule has 2 saturated heterocycles. The lowest BCUT2D eigenvalue weighted by atomic mass is 10.1. The van der Waals surface area contributed by atoms with Gasteiger partial charge in [-0.3, -0.25) is 9.69 Å². The first-order valence-corrected chi connectivity index (χ1v) is 10.0. The second-order valence-electron chi connectivity index (χ2n) is 6.52. The first-order valence-electron chi connectivity index (χ1n) is 8.18. The van der Waals surface area contributed by atoms with Gasteiger partial charge in [0, 0.05) is 30.6 Å². The van der Waals surface area contributed by atoms with Crippen molar-refractivity contribution in [1.82, 2.24) is 9.21 Å². The van der Waals surface area contributed by atoms with Gasteiger partial charge in [0.25, 0.3) is 0 Å². The number of benzene rings is 1. The lowest BCUT2D eigenvalue weighted by Gasteiger charge is -2.30. The van der Waals surface area contributed by atoms with E-state index in [-0.39, 0.29) is 36.3 Å². The fraction of sp³-hybridized carbons (Fsp3) is 0.562. The number of ether oxygens (including phenoxy) is 2. The molecule has 0 saturated carbocycles. The van der Waals surface area contributed by atoms with Gasteiger partial charge in [-0.1, -0.05) is 11.6 Å². The van der Waals surface area contributed by atoms with Gasteiger partial charge in [-0.05, 0) is 18.2 Å². The van der Waals surface area contributed by atoms with Crippen LogP contribution in [-0.2, 0) is 19.6 Å². The number of carboxylic acids is 1. The van der Waals surface area contributed by atoms with Crippen molar-refractivity contribution in [3.63, 3.8) is 0 Å². The summed E-state index contributed by atoms with van der Waals surface area (Å²) in [4.78, 5) is 12.9. The number of sulfonamides is 1. The first kappa shape index (κ1) is 19.4. The van der Waals surface area contributed by atoms with E-state index in [9.17, 15) is 13.2 Å². The molecule has 2 heterocycles. The molecule has 2 aliphatic heterocycles. The van der Waals surface area contributed by atoms with Gasteiger partial charge in [0.15, 0.2) is 0 Å². The normalized spacial score (nSPS) is 24.8. The SMILES string of the molecule is COc1ccc(Cl)cc1S(=O)(=O)N1C[C@H]2COC[C@@H]1CN(CC(=O)O)C2. The number of nitrogens with zero attached hydrogens (tertiary/aromatic N) is 2. The average molecular weight is 405 g/mol. The van der Waals surface area contributed by atoms with Gasteiger partial charge in [0.2, 0.25) is 10.0 Å². The van der Waals surface area contributed by atoms with E-state index in [2.05, 4.69) is 0 Å². The number of rotatable bonds is 5. The lowest BCUT2D eigenvalue weighted by molar-refractivity contribution is -0.138. The smallest absolute Gasteiger partial charge is 0.317 e. The van der Waals surface area contributed by atoms with Crippen LogP contribution >= 0.6 is 11.6 Å². The molecule has 0 aliphatic carbocycles. The van der Waals surface area contributed by atoms with E-state index in [1.165, 1.54) is 23.5 Å². The molecule has 2 bridgehead atoms. The number of fused-ring (bicyclic) bond motifs is 3. The summed E-state index contributed by atoms with van der Waals surface area (Å²) in [6.07, 6.45) is 0. The van der Waals surface area contributed by atoms with Crippen LogP contribution in [0.25, 0.3) is 0 Å². The number of methoxy groups -OCH3 is 1. The summed E-state index contributed by atoms with van der Waals surface area (Å²) in [5.41, 5.74) is 0. The van der Waals surface area contributed by atoms with Crippen molar-refractivity contribution in [3.05, 3.63) is 23.2 Å². The molecule has 0 unspecified atom stereocenters. The summed E-state index contributed by atoms with van der Waals surface area (Å²) in [5, 5.41) is 9.38. The molecule has 2 fully saturated rings. The largest absolute Gasteiger partial charge is 0.495 e. The van der Waals surface area contributed by atoms with Crippen LogP contribution in [0.15, 0.2) is 23.1 Å². The molecular formula is C16H21ClN2O6S. The number of carboxylic acid groups (broad SMARTS) is 1. The Balaban J connectivity index is 1.97. The highest BCUT2D eigenvalue weighted by Crippen LogP contribution is 2.33. The molecule has 10 heteroatoms. The van der Waals surface area contributed by atoms with Crippen molar-refractivity contribution >= 4 is 27.6 Å². The Morgan fingerprint density at radius 3 is 2.81 bits per heavy atom. The molecule has 0 aromatic heterocycles. The molecule has 1 N–H and O–H groups in total. The minimum Gasteiger partial charge on any atom is -0.495 e. The van der Waals surface area contributed by atoms with E-state index in [0.29, 0.717) is 24.7 Å². The van der Waals surface area contributed by atoms with Crippen molar-refractivity contribution in [2.45, 2.75) is 10.9 Å². The Kier molecular flexibility index (Phi) is 5.73. The van der Waals surface area contributed by atoms with Crippen molar-refractivity contribution in [1.29, 1.82) is 0 Å². The summed E-state index contributed by atoms with van der Waals surface area (Å²) in [7, 11) is -2.48. The number of halogens is 1. The van der Waals surface area contributed by atoms with Crippen molar-refractivity contribution in [3.8, 4) is 5.75 Å².